The number of nitrogens with zero attached hydrogens (tertiary/aromatic N) is 3. The molecule has 2 fully saturated rings. The number of hydrogen-bond donors (Lipinski definition) is 1. The van der Waals surface area contributed by atoms with E-state index in [0.717, 1.165) is 18.9 Å². The fourth-order valence-corrected chi connectivity index (χ4v) is 3.74. The summed E-state index contributed by atoms with van der Waals surface area (Å²) in [5, 5.41) is 0.280. The van der Waals surface area contributed by atoms with Gasteiger partial charge in [-0.15, -0.1) is 0 Å². The normalized spacial score (nSPS) is 22.7. The predicted molar refractivity (Wildman–Crippen MR) is 78.4 cm³/mol. The number of halogens is 1. The lowest BCUT2D eigenvalue weighted by molar-refractivity contribution is 0.144. The Morgan fingerprint density at radius 3 is 2.47 bits per heavy atom. The van der Waals surface area contributed by atoms with Gasteiger partial charge >= 0.3 is 0 Å². The molecule has 0 bridgehead atoms. The van der Waals surface area contributed by atoms with Crippen LogP contribution in [0.5, 0.6) is 0 Å². The topological polar surface area (TPSA) is 55.0 Å². The van der Waals surface area contributed by atoms with E-state index in [1.807, 2.05) is 0 Å². The Morgan fingerprint density at radius 1 is 1.11 bits per heavy atom. The van der Waals surface area contributed by atoms with Crippen LogP contribution in [0.1, 0.15) is 44.9 Å². The molecule has 1 saturated carbocycles. The third-order valence-corrected chi connectivity index (χ3v) is 4.99. The van der Waals surface area contributed by atoms with Gasteiger partial charge in [-0.2, -0.15) is 4.98 Å². The first-order valence-corrected chi connectivity index (χ1v) is 7.59. The fourth-order valence-electron chi connectivity index (χ4n) is 3.61. The van der Waals surface area contributed by atoms with E-state index in [0.29, 0.717) is 11.1 Å². The van der Waals surface area contributed by atoms with Crippen LogP contribution in [0.2, 0.25) is 5.28 Å². The first-order valence-electron chi connectivity index (χ1n) is 7.22. The van der Waals surface area contributed by atoms with Gasteiger partial charge in [0.1, 0.15) is 0 Å². The van der Waals surface area contributed by atoms with Gasteiger partial charge in [0.25, 0.3) is 0 Å². The van der Waals surface area contributed by atoms with Gasteiger partial charge in [-0.1, -0.05) is 19.3 Å². The fraction of sp³-hybridized carbons (Fsp3) is 0.714. The van der Waals surface area contributed by atoms with E-state index in [1.165, 1.54) is 44.9 Å². The maximum Gasteiger partial charge on any atom is 0.224 e. The van der Waals surface area contributed by atoms with E-state index in [4.69, 9.17) is 17.3 Å². The number of piperidine rings is 1. The molecule has 1 aromatic rings. The number of nitrogen functional groups attached to an aromatic ring is 1. The molecule has 2 heterocycles. The highest BCUT2D eigenvalue weighted by Crippen LogP contribution is 2.45. The van der Waals surface area contributed by atoms with Gasteiger partial charge in [-0.05, 0) is 42.7 Å². The summed E-state index contributed by atoms with van der Waals surface area (Å²) in [5.74, 6) is 0.811. The van der Waals surface area contributed by atoms with Crippen LogP contribution in [0.4, 0.5) is 11.5 Å². The highest BCUT2D eigenvalue weighted by atomic mass is 35.5. The van der Waals surface area contributed by atoms with E-state index in [9.17, 15) is 0 Å². The Labute approximate surface area is 119 Å². The van der Waals surface area contributed by atoms with Crippen molar-refractivity contribution < 1.29 is 0 Å². The molecular formula is C14H21ClN4. The lowest BCUT2D eigenvalue weighted by atomic mass is 9.68. The van der Waals surface area contributed by atoms with Crippen molar-refractivity contribution in [2.24, 2.45) is 5.41 Å². The van der Waals surface area contributed by atoms with Crippen molar-refractivity contribution in [2.45, 2.75) is 44.9 Å². The molecule has 1 aromatic heterocycles. The maximum absolute atomic E-state index is 5.96. The molecule has 19 heavy (non-hydrogen) atoms. The predicted octanol–water partition coefficient (Wildman–Crippen LogP) is 3.26. The molecule has 3 rings (SSSR count). The van der Waals surface area contributed by atoms with Crippen molar-refractivity contribution in [2.75, 3.05) is 23.7 Å². The average molecular weight is 281 g/mol. The van der Waals surface area contributed by atoms with E-state index in [2.05, 4.69) is 14.9 Å². The lowest BCUT2D eigenvalue weighted by Crippen LogP contribution is -2.41. The van der Waals surface area contributed by atoms with Crippen molar-refractivity contribution in [1.29, 1.82) is 0 Å². The highest BCUT2D eigenvalue weighted by molar-refractivity contribution is 6.28. The van der Waals surface area contributed by atoms with Crippen molar-refractivity contribution in [3.63, 3.8) is 0 Å². The van der Waals surface area contributed by atoms with Gasteiger partial charge in [-0.3, -0.25) is 0 Å². The van der Waals surface area contributed by atoms with Gasteiger partial charge in [0.15, 0.2) is 5.82 Å². The Hall–Kier alpha value is -1.03. The van der Waals surface area contributed by atoms with Crippen LogP contribution in [-0.2, 0) is 0 Å². The number of hydrogen-bond acceptors (Lipinski definition) is 4. The number of nitrogens with two attached hydrogens (primary N) is 1. The number of rotatable bonds is 1. The molecule has 0 radical (unpaired) electrons. The van der Waals surface area contributed by atoms with Crippen LogP contribution in [0.15, 0.2) is 6.20 Å². The zero-order valence-corrected chi connectivity index (χ0v) is 12.0. The zero-order valence-electron chi connectivity index (χ0n) is 11.2. The van der Waals surface area contributed by atoms with E-state index in [-0.39, 0.29) is 5.28 Å². The monoisotopic (exact) mass is 280 g/mol. The van der Waals surface area contributed by atoms with Gasteiger partial charge in [0, 0.05) is 13.1 Å². The number of aromatic nitrogens is 2. The highest BCUT2D eigenvalue weighted by Gasteiger charge is 2.36. The minimum Gasteiger partial charge on any atom is -0.394 e. The molecule has 1 spiro atoms. The number of anilines is 2. The first-order chi connectivity index (χ1) is 9.19. The SMILES string of the molecule is Nc1cnc(Cl)nc1N1CCC2(CCCCC2)CC1. The largest absolute Gasteiger partial charge is 0.394 e. The van der Waals surface area contributed by atoms with Crippen LogP contribution >= 0.6 is 11.6 Å². The van der Waals surface area contributed by atoms with Crippen molar-refractivity contribution >= 4 is 23.1 Å². The smallest absolute Gasteiger partial charge is 0.224 e. The van der Waals surface area contributed by atoms with E-state index < -0.39 is 0 Å². The van der Waals surface area contributed by atoms with Crippen molar-refractivity contribution in [3.8, 4) is 0 Å². The molecule has 104 valence electrons. The Kier molecular flexibility index (Phi) is 3.52. The van der Waals surface area contributed by atoms with Gasteiger partial charge < -0.3 is 10.6 Å². The second-order valence-electron chi connectivity index (χ2n) is 5.97. The van der Waals surface area contributed by atoms with E-state index >= 15 is 0 Å². The second-order valence-corrected chi connectivity index (χ2v) is 6.30. The molecular weight excluding hydrogens is 260 g/mol. The van der Waals surface area contributed by atoms with Gasteiger partial charge in [0.2, 0.25) is 5.28 Å². The van der Waals surface area contributed by atoms with Crippen molar-refractivity contribution in [1.82, 2.24) is 9.97 Å². The minimum atomic E-state index is 0.280. The van der Waals surface area contributed by atoms with E-state index in [1.54, 1.807) is 6.20 Å². The summed E-state index contributed by atoms with van der Waals surface area (Å²) in [4.78, 5) is 10.5. The van der Waals surface area contributed by atoms with Crippen molar-refractivity contribution in [3.05, 3.63) is 11.5 Å². The second kappa shape index (κ2) is 5.16. The molecule has 1 aliphatic heterocycles. The molecule has 0 amide bonds. The molecule has 0 unspecified atom stereocenters. The minimum absolute atomic E-state index is 0.280. The average Bonchev–Trinajstić information content (AvgIpc) is 2.44. The third-order valence-electron chi connectivity index (χ3n) is 4.80. The Morgan fingerprint density at radius 2 is 1.79 bits per heavy atom. The summed E-state index contributed by atoms with van der Waals surface area (Å²) in [6.45, 7) is 2.08. The van der Waals surface area contributed by atoms with Gasteiger partial charge in [0.05, 0.1) is 11.9 Å². The molecule has 1 aliphatic carbocycles. The first kappa shape index (κ1) is 13.0. The summed E-state index contributed by atoms with van der Waals surface area (Å²) in [6.07, 6.45) is 11.2. The zero-order chi connectivity index (χ0) is 13.3. The van der Waals surface area contributed by atoms with Crippen LogP contribution in [0, 0.1) is 5.41 Å². The van der Waals surface area contributed by atoms with Crippen LogP contribution in [-0.4, -0.2) is 23.1 Å². The summed E-state index contributed by atoms with van der Waals surface area (Å²) in [6, 6.07) is 0. The Balaban J connectivity index is 1.71. The molecule has 0 atom stereocenters. The molecule has 2 aliphatic rings. The van der Waals surface area contributed by atoms with Gasteiger partial charge in [-0.25, -0.2) is 4.98 Å². The lowest BCUT2D eigenvalue weighted by Gasteiger charge is -2.44. The molecule has 0 aromatic carbocycles. The summed E-state index contributed by atoms with van der Waals surface area (Å²) in [5.41, 5.74) is 7.19. The Bertz CT molecular complexity index is 447. The summed E-state index contributed by atoms with van der Waals surface area (Å²) in [7, 11) is 0. The standard InChI is InChI=1S/C14H21ClN4/c15-13-17-10-11(16)12(18-13)19-8-6-14(7-9-19)4-2-1-3-5-14/h10H,1-9,16H2. The maximum atomic E-state index is 5.96. The molecule has 5 heteroatoms. The van der Waals surface area contributed by atoms with Crippen LogP contribution in [0.25, 0.3) is 0 Å². The summed E-state index contributed by atoms with van der Waals surface area (Å²) < 4.78 is 0. The third kappa shape index (κ3) is 2.64. The molecule has 4 nitrogen and oxygen atoms in total. The quantitative estimate of drug-likeness (QED) is 0.802. The van der Waals surface area contributed by atoms with Crippen LogP contribution in [0.3, 0.4) is 0 Å². The molecule has 2 N–H and O–H groups in total. The van der Waals surface area contributed by atoms with Crippen LogP contribution < -0.4 is 10.6 Å². The molecule has 1 saturated heterocycles. The summed E-state index contributed by atoms with van der Waals surface area (Å²) >= 11 is 5.87.